The Bertz CT molecular complexity index is 434. The molecule has 0 rings (SSSR count). The highest BCUT2D eigenvalue weighted by atomic mass is 35.5. The summed E-state index contributed by atoms with van der Waals surface area (Å²) in [5.41, 5.74) is 2.58. The highest BCUT2D eigenvalue weighted by Gasteiger charge is 2.16. The highest BCUT2D eigenvalue weighted by Crippen LogP contribution is 2.23. The quantitative estimate of drug-likeness (QED) is 0.492. The summed E-state index contributed by atoms with van der Waals surface area (Å²) in [6, 6.07) is 0. The first-order valence-corrected chi connectivity index (χ1v) is 7.39. The van der Waals surface area contributed by atoms with E-state index in [2.05, 4.69) is 6.92 Å². The second kappa shape index (κ2) is 8.31. The van der Waals surface area contributed by atoms with Crippen molar-refractivity contribution in [2.75, 3.05) is 0 Å². The maximum Gasteiger partial charge on any atom is 0.310 e. The van der Waals surface area contributed by atoms with Crippen LogP contribution in [0.5, 0.6) is 0 Å². The molecule has 0 amide bonds. The summed E-state index contributed by atoms with van der Waals surface area (Å²) in [6.45, 7) is 13.6. The number of rotatable bonds is 5. The number of esters is 1. The van der Waals surface area contributed by atoms with Gasteiger partial charge in [-0.3, -0.25) is 4.79 Å². The maximum atomic E-state index is 11.8. The number of carbonyl (C=O) groups excluding carboxylic acids is 1. The standard InChI is InChI=1S/C17H27ClO2/c1-8-12(3)16(18)13(4)10-14(9-2)11-15(19)20-17(5,6)7/h9-10H,8,11H2,1-7H3. The molecule has 0 N–H and O–H groups in total. The first kappa shape index (κ1) is 19.0. The third-order valence-corrected chi connectivity index (χ3v) is 3.41. The molecule has 0 bridgehead atoms. The second-order valence-corrected chi connectivity index (χ2v) is 6.28. The van der Waals surface area contributed by atoms with E-state index >= 15 is 0 Å². The van der Waals surface area contributed by atoms with Gasteiger partial charge in [0, 0.05) is 5.03 Å². The summed E-state index contributed by atoms with van der Waals surface area (Å²) in [7, 11) is 0. The van der Waals surface area contributed by atoms with Crippen molar-refractivity contribution in [2.45, 2.75) is 66.9 Å². The Morgan fingerprint density at radius 2 is 1.80 bits per heavy atom. The molecular weight excluding hydrogens is 272 g/mol. The highest BCUT2D eigenvalue weighted by molar-refractivity contribution is 6.32. The Balaban J connectivity index is 4.94. The largest absolute Gasteiger partial charge is 0.460 e. The van der Waals surface area contributed by atoms with Crippen LogP contribution in [0, 0.1) is 0 Å². The molecule has 0 atom stereocenters. The van der Waals surface area contributed by atoms with Gasteiger partial charge in [0.2, 0.25) is 0 Å². The van der Waals surface area contributed by atoms with E-state index in [9.17, 15) is 4.79 Å². The first-order chi connectivity index (χ1) is 9.10. The van der Waals surface area contributed by atoms with Gasteiger partial charge in [0.1, 0.15) is 5.60 Å². The third kappa shape index (κ3) is 7.54. The fraction of sp³-hybridized carbons (Fsp3) is 0.588. The van der Waals surface area contributed by atoms with Gasteiger partial charge >= 0.3 is 5.97 Å². The Morgan fingerprint density at radius 3 is 2.20 bits per heavy atom. The summed E-state index contributed by atoms with van der Waals surface area (Å²) in [4.78, 5) is 11.8. The second-order valence-electron chi connectivity index (χ2n) is 5.90. The van der Waals surface area contributed by atoms with Crippen molar-refractivity contribution in [2.24, 2.45) is 0 Å². The molecule has 3 heteroatoms. The predicted molar refractivity (Wildman–Crippen MR) is 86.8 cm³/mol. The molecule has 0 saturated heterocycles. The van der Waals surface area contributed by atoms with Crippen molar-refractivity contribution in [3.8, 4) is 0 Å². The summed E-state index contributed by atoms with van der Waals surface area (Å²) in [5, 5.41) is 0.774. The zero-order valence-corrected chi connectivity index (χ0v) is 14.5. The van der Waals surface area contributed by atoms with E-state index < -0.39 is 5.60 Å². The lowest BCUT2D eigenvalue weighted by molar-refractivity contribution is -0.153. The van der Waals surface area contributed by atoms with Gasteiger partial charge in [-0.2, -0.15) is 0 Å². The van der Waals surface area contributed by atoms with Gasteiger partial charge in [0.05, 0.1) is 6.42 Å². The van der Waals surface area contributed by atoms with Gasteiger partial charge in [-0.1, -0.05) is 36.2 Å². The number of hydrogen-bond acceptors (Lipinski definition) is 2. The average molecular weight is 299 g/mol. The van der Waals surface area contributed by atoms with Crippen LogP contribution in [0.25, 0.3) is 0 Å². The fourth-order valence-corrected chi connectivity index (χ4v) is 1.80. The lowest BCUT2D eigenvalue weighted by Crippen LogP contribution is -2.23. The van der Waals surface area contributed by atoms with Crippen LogP contribution in [0.3, 0.4) is 0 Å². The monoisotopic (exact) mass is 298 g/mol. The fourth-order valence-electron chi connectivity index (χ4n) is 1.61. The van der Waals surface area contributed by atoms with E-state index in [1.54, 1.807) is 0 Å². The Hall–Kier alpha value is -1.02. The molecule has 0 radical (unpaired) electrons. The summed E-state index contributed by atoms with van der Waals surface area (Å²) < 4.78 is 5.33. The molecule has 2 nitrogen and oxygen atoms in total. The SMILES string of the molecule is CC=C(C=C(C)C(Cl)=C(C)CC)CC(=O)OC(C)(C)C. The summed E-state index contributed by atoms with van der Waals surface area (Å²) in [6.07, 6.45) is 5.05. The van der Waals surface area contributed by atoms with E-state index in [-0.39, 0.29) is 12.4 Å². The molecule has 0 spiro atoms. The van der Waals surface area contributed by atoms with E-state index in [1.165, 1.54) is 0 Å². The van der Waals surface area contributed by atoms with Crippen molar-refractivity contribution in [3.05, 3.63) is 33.9 Å². The topological polar surface area (TPSA) is 26.3 Å². The summed E-state index contributed by atoms with van der Waals surface area (Å²) in [5.74, 6) is -0.220. The lowest BCUT2D eigenvalue weighted by Gasteiger charge is -2.19. The number of allylic oxidation sites excluding steroid dienone is 5. The van der Waals surface area contributed by atoms with Crippen LogP contribution in [-0.2, 0) is 9.53 Å². The number of ether oxygens (including phenoxy) is 1. The average Bonchev–Trinajstić information content (AvgIpc) is 2.33. The minimum Gasteiger partial charge on any atom is -0.460 e. The van der Waals surface area contributed by atoms with Gasteiger partial charge in [-0.15, -0.1) is 0 Å². The third-order valence-electron chi connectivity index (χ3n) is 2.79. The predicted octanol–water partition coefficient (Wildman–Crippen LogP) is 5.53. The molecular formula is C17H27ClO2. The van der Waals surface area contributed by atoms with E-state index in [4.69, 9.17) is 16.3 Å². The molecule has 0 heterocycles. The van der Waals surface area contributed by atoms with E-state index in [0.717, 1.165) is 28.2 Å². The van der Waals surface area contributed by atoms with Gasteiger partial charge in [0.25, 0.3) is 0 Å². The van der Waals surface area contributed by atoms with Crippen molar-refractivity contribution in [1.29, 1.82) is 0 Å². The van der Waals surface area contributed by atoms with Crippen molar-refractivity contribution in [1.82, 2.24) is 0 Å². The zero-order valence-electron chi connectivity index (χ0n) is 13.8. The molecule has 0 aromatic heterocycles. The Kier molecular flexibility index (Phi) is 7.88. The van der Waals surface area contributed by atoms with E-state index in [0.29, 0.717) is 0 Å². The van der Waals surface area contributed by atoms with Gasteiger partial charge < -0.3 is 4.74 Å². The molecule has 0 aromatic rings. The van der Waals surface area contributed by atoms with Crippen LogP contribution < -0.4 is 0 Å². The number of carbonyl (C=O) groups is 1. The van der Waals surface area contributed by atoms with E-state index in [1.807, 2.05) is 53.7 Å². The molecule has 0 saturated carbocycles. The number of hydrogen-bond donors (Lipinski definition) is 0. The molecule has 20 heavy (non-hydrogen) atoms. The minimum absolute atomic E-state index is 0.220. The molecule has 0 aromatic carbocycles. The molecule has 0 aliphatic heterocycles. The van der Waals surface area contributed by atoms with Gasteiger partial charge in [0.15, 0.2) is 0 Å². The zero-order chi connectivity index (χ0) is 15.9. The Morgan fingerprint density at radius 1 is 1.25 bits per heavy atom. The van der Waals surface area contributed by atoms with Crippen molar-refractivity contribution in [3.63, 3.8) is 0 Å². The van der Waals surface area contributed by atoms with Crippen molar-refractivity contribution >= 4 is 17.6 Å². The minimum atomic E-state index is -0.453. The molecule has 0 aliphatic rings. The maximum absolute atomic E-state index is 11.8. The van der Waals surface area contributed by atoms with Crippen LogP contribution in [0.1, 0.15) is 61.3 Å². The molecule has 114 valence electrons. The smallest absolute Gasteiger partial charge is 0.310 e. The van der Waals surface area contributed by atoms with Crippen LogP contribution in [0.4, 0.5) is 0 Å². The first-order valence-electron chi connectivity index (χ1n) is 7.01. The molecule has 0 aliphatic carbocycles. The van der Waals surface area contributed by atoms with Crippen LogP contribution in [-0.4, -0.2) is 11.6 Å². The van der Waals surface area contributed by atoms with Gasteiger partial charge in [-0.05, 0) is 59.1 Å². The van der Waals surface area contributed by atoms with Crippen LogP contribution in [0.15, 0.2) is 33.9 Å². The summed E-state index contributed by atoms with van der Waals surface area (Å²) >= 11 is 6.29. The normalized spacial score (nSPS) is 15.0. The molecule has 0 unspecified atom stereocenters. The van der Waals surface area contributed by atoms with Crippen molar-refractivity contribution < 1.29 is 9.53 Å². The van der Waals surface area contributed by atoms with Gasteiger partial charge in [-0.25, -0.2) is 0 Å². The van der Waals surface area contributed by atoms with Crippen LogP contribution >= 0.6 is 11.6 Å². The Labute approximate surface area is 128 Å². The number of halogens is 1. The van der Waals surface area contributed by atoms with Crippen LogP contribution in [0.2, 0.25) is 0 Å². The molecule has 0 fully saturated rings. The lowest BCUT2D eigenvalue weighted by atomic mass is 10.1.